The topological polar surface area (TPSA) is 83.8 Å². The minimum Gasteiger partial charge on any atom is -0.494 e. The zero-order valence-electron chi connectivity index (χ0n) is 21.9. The van der Waals surface area contributed by atoms with Gasteiger partial charge in [0.1, 0.15) is 11.6 Å². The highest BCUT2D eigenvalue weighted by atomic mass is 16.5. The van der Waals surface area contributed by atoms with Crippen molar-refractivity contribution in [1.82, 2.24) is 14.9 Å². The van der Waals surface area contributed by atoms with Crippen LogP contribution in [0, 0.1) is 6.92 Å². The van der Waals surface area contributed by atoms with E-state index in [-0.39, 0.29) is 11.9 Å². The molecule has 3 aromatic carbocycles. The summed E-state index contributed by atoms with van der Waals surface area (Å²) in [6.45, 7) is 5.25. The number of benzene rings is 3. The van der Waals surface area contributed by atoms with Crippen molar-refractivity contribution in [2.45, 2.75) is 32.9 Å². The number of imidazole rings is 1. The third kappa shape index (κ3) is 5.80. The fourth-order valence-corrected chi connectivity index (χ4v) is 4.26. The van der Waals surface area contributed by atoms with Crippen LogP contribution in [0.25, 0.3) is 11.0 Å². The van der Waals surface area contributed by atoms with Gasteiger partial charge in [0.15, 0.2) is 11.5 Å². The van der Waals surface area contributed by atoms with E-state index in [1.807, 2.05) is 55.5 Å². The summed E-state index contributed by atoms with van der Waals surface area (Å²) in [7, 11) is 4.57. The number of carbonyl (C=O) groups excluding carboxylic acids is 1. The van der Waals surface area contributed by atoms with Gasteiger partial charge >= 0.3 is 0 Å². The van der Waals surface area contributed by atoms with Crippen LogP contribution in [0.5, 0.6) is 23.0 Å². The third-order valence-corrected chi connectivity index (χ3v) is 6.16. The molecule has 4 rings (SSSR count). The van der Waals surface area contributed by atoms with Gasteiger partial charge in [-0.15, -0.1) is 0 Å². The van der Waals surface area contributed by atoms with Gasteiger partial charge in [-0.2, -0.15) is 0 Å². The number of rotatable bonds is 11. The molecule has 1 atom stereocenters. The summed E-state index contributed by atoms with van der Waals surface area (Å²) < 4.78 is 24.2. The first-order chi connectivity index (χ1) is 17.9. The lowest BCUT2D eigenvalue weighted by Gasteiger charge is -2.18. The number of aryl methyl sites for hydroxylation is 2. The standard InChI is InChI=1S/C29H33N3O5/c1-19-11-13-22(14-12-19)37-16-8-15-32-24-10-7-6-9-23(24)31-28(32)20(2)30-29(33)21-17-25(34-3)27(36-5)26(18-21)35-4/h6-7,9-14,17-18,20H,8,15-16H2,1-5H3,(H,30,33). The van der Waals surface area contributed by atoms with Crippen LogP contribution in [0.1, 0.15) is 41.1 Å². The number of ether oxygens (including phenoxy) is 4. The van der Waals surface area contributed by atoms with E-state index < -0.39 is 0 Å². The van der Waals surface area contributed by atoms with E-state index in [4.69, 9.17) is 23.9 Å². The molecule has 0 bridgehead atoms. The van der Waals surface area contributed by atoms with Crippen LogP contribution in [0.3, 0.4) is 0 Å². The molecule has 0 spiro atoms. The maximum absolute atomic E-state index is 13.2. The first kappa shape index (κ1) is 25.9. The zero-order valence-corrected chi connectivity index (χ0v) is 21.9. The predicted octanol–water partition coefficient (Wildman–Crippen LogP) is 5.33. The average Bonchev–Trinajstić information content (AvgIpc) is 3.29. The van der Waals surface area contributed by atoms with Crippen molar-refractivity contribution in [3.8, 4) is 23.0 Å². The van der Waals surface area contributed by atoms with Crippen LogP contribution < -0.4 is 24.3 Å². The summed E-state index contributed by atoms with van der Waals surface area (Å²) >= 11 is 0. The number of fused-ring (bicyclic) bond motifs is 1. The Balaban J connectivity index is 1.51. The summed E-state index contributed by atoms with van der Waals surface area (Å²) in [4.78, 5) is 18.1. The summed E-state index contributed by atoms with van der Waals surface area (Å²) in [5, 5.41) is 3.07. The number of aromatic nitrogens is 2. The van der Waals surface area contributed by atoms with Crippen LogP contribution in [0.2, 0.25) is 0 Å². The van der Waals surface area contributed by atoms with Gasteiger partial charge in [-0.25, -0.2) is 4.98 Å². The first-order valence-corrected chi connectivity index (χ1v) is 12.2. The molecular formula is C29H33N3O5. The van der Waals surface area contributed by atoms with Gasteiger partial charge in [0.25, 0.3) is 5.91 Å². The molecule has 37 heavy (non-hydrogen) atoms. The Hall–Kier alpha value is -4.20. The lowest BCUT2D eigenvalue weighted by Crippen LogP contribution is -2.29. The van der Waals surface area contributed by atoms with Crippen LogP contribution in [-0.4, -0.2) is 43.4 Å². The molecule has 0 aliphatic heterocycles. The number of para-hydroxylation sites is 2. The quantitative estimate of drug-likeness (QED) is 0.279. The van der Waals surface area contributed by atoms with Crippen molar-refractivity contribution in [2.75, 3.05) is 27.9 Å². The maximum atomic E-state index is 13.2. The highest BCUT2D eigenvalue weighted by Crippen LogP contribution is 2.38. The van der Waals surface area contributed by atoms with Crippen LogP contribution in [0.15, 0.2) is 60.7 Å². The summed E-state index contributed by atoms with van der Waals surface area (Å²) in [6, 6.07) is 18.9. The molecule has 4 aromatic rings. The molecule has 0 radical (unpaired) electrons. The molecule has 0 aliphatic rings. The SMILES string of the molecule is COc1cc(C(=O)NC(C)c2nc3ccccc3n2CCCOc2ccc(C)cc2)cc(OC)c1OC. The maximum Gasteiger partial charge on any atom is 0.252 e. The second kappa shape index (κ2) is 11.7. The molecule has 8 nitrogen and oxygen atoms in total. The largest absolute Gasteiger partial charge is 0.494 e. The normalized spacial score (nSPS) is 11.7. The van der Waals surface area contributed by atoms with E-state index in [2.05, 4.69) is 16.8 Å². The second-order valence-electron chi connectivity index (χ2n) is 8.73. The molecule has 0 aliphatic carbocycles. The van der Waals surface area contributed by atoms with Gasteiger partial charge < -0.3 is 28.8 Å². The van der Waals surface area contributed by atoms with E-state index in [0.29, 0.717) is 36.0 Å². The van der Waals surface area contributed by atoms with E-state index in [0.717, 1.165) is 29.0 Å². The minimum atomic E-state index is -0.350. The summed E-state index contributed by atoms with van der Waals surface area (Å²) in [6.07, 6.45) is 0.786. The van der Waals surface area contributed by atoms with E-state index >= 15 is 0 Å². The van der Waals surface area contributed by atoms with Crippen molar-refractivity contribution in [3.05, 3.63) is 77.6 Å². The second-order valence-corrected chi connectivity index (χ2v) is 8.73. The lowest BCUT2D eigenvalue weighted by molar-refractivity contribution is 0.0936. The Morgan fingerprint density at radius 1 is 0.973 bits per heavy atom. The van der Waals surface area contributed by atoms with Crippen molar-refractivity contribution in [1.29, 1.82) is 0 Å². The Labute approximate surface area is 217 Å². The Bertz CT molecular complexity index is 1340. The highest BCUT2D eigenvalue weighted by Gasteiger charge is 2.21. The summed E-state index contributed by atoms with van der Waals surface area (Å²) in [5.74, 6) is 2.63. The van der Waals surface area contributed by atoms with Gasteiger partial charge in [0.2, 0.25) is 5.75 Å². The van der Waals surface area contributed by atoms with Crippen LogP contribution in [-0.2, 0) is 6.54 Å². The fraction of sp³-hybridized carbons (Fsp3) is 0.310. The van der Waals surface area contributed by atoms with Gasteiger partial charge in [-0.1, -0.05) is 29.8 Å². The average molecular weight is 504 g/mol. The number of methoxy groups -OCH3 is 3. The van der Waals surface area contributed by atoms with Gasteiger partial charge in [0.05, 0.1) is 45.0 Å². The number of carbonyl (C=O) groups is 1. The molecule has 1 aromatic heterocycles. The molecule has 0 saturated carbocycles. The van der Waals surface area contributed by atoms with Crippen molar-refractivity contribution in [2.24, 2.45) is 0 Å². The fourth-order valence-electron chi connectivity index (χ4n) is 4.26. The lowest BCUT2D eigenvalue weighted by atomic mass is 10.1. The number of amides is 1. The number of nitrogens with zero attached hydrogens (tertiary/aromatic N) is 2. The molecule has 194 valence electrons. The molecule has 1 unspecified atom stereocenters. The monoisotopic (exact) mass is 503 g/mol. The number of nitrogens with one attached hydrogen (secondary N) is 1. The van der Waals surface area contributed by atoms with Gasteiger partial charge in [0, 0.05) is 12.1 Å². The number of hydrogen-bond acceptors (Lipinski definition) is 6. The van der Waals surface area contributed by atoms with Crippen molar-refractivity contribution in [3.63, 3.8) is 0 Å². The number of hydrogen-bond donors (Lipinski definition) is 1. The molecule has 1 amide bonds. The first-order valence-electron chi connectivity index (χ1n) is 12.2. The van der Waals surface area contributed by atoms with E-state index in [9.17, 15) is 4.79 Å². The zero-order chi connectivity index (χ0) is 26.4. The Kier molecular flexibility index (Phi) is 8.18. The third-order valence-electron chi connectivity index (χ3n) is 6.16. The molecule has 8 heteroatoms. The minimum absolute atomic E-state index is 0.270. The van der Waals surface area contributed by atoms with Crippen molar-refractivity contribution < 1.29 is 23.7 Å². The molecule has 1 N–H and O–H groups in total. The molecule has 0 fully saturated rings. The van der Waals surface area contributed by atoms with Gasteiger partial charge in [-0.3, -0.25) is 4.79 Å². The van der Waals surface area contributed by atoms with E-state index in [1.165, 1.54) is 26.9 Å². The Morgan fingerprint density at radius 2 is 1.65 bits per heavy atom. The predicted molar refractivity (Wildman–Crippen MR) is 143 cm³/mol. The van der Waals surface area contributed by atoms with Crippen LogP contribution in [0.4, 0.5) is 0 Å². The van der Waals surface area contributed by atoms with Crippen LogP contribution >= 0.6 is 0 Å². The summed E-state index contributed by atoms with van der Waals surface area (Å²) in [5.41, 5.74) is 3.49. The molecular weight excluding hydrogens is 470 g/mol. The Morgan fingerprint density at radius 3 is 2.30 bits per heavy atom. The smallest absolute Gasteiger partial charge is 0.252 e. The van der Waals surface area contributed by atoms with Crippen molar-refractivity contribution >= 4 is 16.9 Å². The molecule has 1 heterocycles. The molecule has 0 saturated heterocycles. The highest BCUT2D eigenvalue weighted by molar-refractivity contribution is 5.96. The van der Waals surface area contributed by atoms with Gasteiger partial charge in [-0.05, 0) is 56.7 Å². The van der Waals surface area contributed by atoms with E-state index in [1.54, 1.807) is 12.1 Å².